The van der Waals surface area contributed by atoms with Crippen molar-refractivity contribution in [1.29, 1.82) is 0 Å². The maximum atomic E-state index is 11.5. The first-order valence-electron chi connectivity index (χ1n) is 5.87. The number of primary amides is 1. The lowest BCUT2D eigenvalue weighted by molar-refractivity contribution is 0.0211. The summed E-state index contributed by atoms with van der Waals surface area (Å²) in [5.74, 6) is -0.489. The molecule has 3 N–H and O–H groups in total. The van der Waals surface area contributed by atoms with E-state index in [1.807, 2.05) is 18.2 Å². The van der Waals surface area contributed by atoms with Gasteiger partial charge in [-0.3, -0.25) is 9.78 Å². The number of benzene rings is 1. The number of amides is 1. The zero-order valence-electron chi connectivity index (χ0n) is 10.0. The molecule has 0 atom stereocenters. The fourth-order valence-electron chi connectivity index (χ4n) is 2.03. The molecule has 2 heterocycles. The van der Waals surface area contributed by atoms with Crippen LogP contribution in [0.2, 0.25) is 0 Å². The van der Waals surface area contributed by atoms with Crippen molar-refractivity contribution in [2.45, 2.75) is 6.04 Å². The molecule has 0 unspecified atom stereocenters. The van der Waals surface area contributed by atoms with Crippen molar-refractivity contribution in [3.8, 4) is 0 Å². The Balaban J connectivity index is 2.17. The zero-order chi connectivity index (χ0) is 13.4. The van der Waals surface area contributed by atoms with Crippen LogP contribution in [-0.4, -0.2) is 30.1 Å². The number of halogens is 1. The minimum absolute atomic E-state index is 0.211. The molecule has 0 saturated carbocycles. The van der Waals surface area contributed by atoms with Gasteiger partial charge >= 0.3 is 0 Å². The van der Waals surface area contributed by atoms with Crippen molar-refractivity contribution in [3.63, 3.8) is 0 Å². The molecule has 1 aliphatic heterocycles. The van der Waals surface area contributed by atoms with Crippen molar-refractivity contribution < 1.29 is 9.53 Å². The predicted molar refractivity (Wildman–Crippen MR) is 76.2 cm³/mol. The van der Waals surface area contributed by atoms with E-state index in [-0.39, 0.29) is 6.04 Å². The number of rotatable bonds is 3. The minimum Gasteiger partial charge on any atom is -0.377 e. The molecule has 0 aliphatic carbocycles. The fraction of sp³-hybridized carbons (Fsp3) is 0.231. The summed E-state index contributed by atoms with van der Waals surface area (Å²) >= 11 is 3.43. The normalized spacial score (nSPS) is 15.2. The maximum absolute atomic E-state index is 11.5. The number of ether oxygens (including phenoxy) is 1. The van der Waals surface area contributed by atoms with Gasteiger partial charge in [0.25, 0.3) is 5.91 Å². The first kappa shape index (κ1) is 12.4. The molecule has 1 aromatic carbocycles. The standard InChI is InChI=1S/C13H12BrN3O2/c14-7-1-2-11-9(3-7)12(17-8-5-19-6-8)10(4-16-11)13(15)18/h1-4,8H,5-6H2,(H2,15,18)(H,16,17). The minimum atomic E-state index is -0.489. The summed E-state index contributed by atoms with van der Waals surface area (Å²) in [6, 6.07) is 5.95. The van der Waals surface area contributed by atoms with E-state index < -0.39 is 5.91 Å². The summed E-state index contributed by atoms with van der Waals surface area (Å²) in [5, 5.41) is 4.18. The fourth-order valence-corrected chi connectivity index (χ4v) is 2.39. The van der Waals surface area contributed by atoms with Gasteiger partial charge in [0.05, 0.1) is 36.0 Å². The van der Waals surface area contributed by atoms with Crippen LogP contribution in [0.1, 0.15) is 10.4 Å². The Hall–Kier alpha value is -1.66. The number of hydrogen-bond donors (Lipinski definition) is 2. The van der Waals surface area contributed by atoms with Crippen LogP contribution >= 0.6 is 15.9 Å². The van der Waals surface area contributed by atoms with Crippen molar-refractivity contribution in [2.75, 3.05) is 18.5 Å². The van der Waals surface area contributed by atoms with Crippen LogP contribution in [-0.2, 0) is 4.74 Å². The van der Waals surface area contributed by atoms with E-state index in [1.165, 1.54) is 6.20 Å². The highest BCUT2D eigenvalue weighted by Crippen LogP contribution is 2.29. The second-order valence-corrected chi connectivity index (χ2v) is 5.37. The van der Waals surface area contributed by atoms with Gasteiger partial charge in [-0.2, -0.15) is 0 Å². The first-order valence-corrected chi connectivity index (χ1v) is 6.67. The number of pyridine rings is 1. The molecule has 3 rings (SSSR count). The monoisotopic (exact) mass is 321 g/mol. The Morgan fingerprint density at radius 2 is 2.26 bits per heavy atom. The van der Waals surface area contributed by atoms with Gasteiger partial charge in [-0.05, 0) is 18.2 Å². The highest BCUT2D eigenvalue weighted by atomic mass is 79.9. The van der Waals surface area contributed by atoms with Crippen molar-refractivity contribution in [3.05, 3.63) is 34.4 Å². The Kier molecular flexibility index (Phi) is 3.12. The largest absolute Gasteiger partial charge is 0.377 e. The van der Waals surface area contributed by atoms with Gasteiger partial charge in [0.2, 0.25) is 0 Å². The van der Waals surface area contributed by atoms with Crippen LogP contribution in [0.5, 0.6) is 0 Å². The van der Waals surface area contributed by atoms with Crippen molar-refractivity contribution in [2.24, 2.45) is 5.73 Å². The predicted octanol–water partition coefficient (Wildman–Crippen LogP) is 1.91. The van der Waals surface area contributed by atoms with Gasteiger partial charge in [-0.1, -0.05) is 15.9 Å². The van der Waals surface area contributed by atoms with Crippen LogP contribution in [0.4, 0.5) is 5.69 Å². The molecule has 0 radical (unpaired) electrons. The zero-order valence-corrected chi connectivity index (χ0v) is 11.6. The van der Waals surface area contributed by atoms with Gasteiger partial charge in [0.15, 0.2) is 0 Å². The van der Waals surface area contributed by atoms with Gasteiger partial charge in [0, 0.05) is 16.1 Å². The molecule has 1 aliphatic rings. The number of aromatic nitrogens is 1. The molecular formula is C13H12BrN3O2. The second-order valence-electron chi connectivity index (χ2n) is 4.45. The Labute approximate surface area is 118 Å². The topological polar surface area (TPSA) is 77.2 Å². The van der Waals surface area contributed by atoms with E-state index in [0.717, 1.165) is 21.1 Å². The van der Waals surface area contributed by atoms with Gasteiger partial charge < -0.3 is 15.8 Å². The number of carbonyl (C=O) groups excluding carboxylic acids is 1. The number of hydrogen-bond acceptors (Lipinski definition) is 4. The summed E-state index contributed by atoms with van der Waals surface area (Å²) in [4.78, 5) is 15.8. The average Bonchev–Trinajstić information content (AvgIpc) is 2.33. The lowest BCUT2D eigenvalue weighted by atomic mass is 10.1. The smallest absolute Gasteiger partial charge is 0.252 e. The van der Waals surface area contributed by atoms with Crippen molar-refractivity contribution >= 4 is 38.4 Å². The van der Waals surface area contributed by atoms with E-state index in [2.05, 4.69) is 26.2 Å². The van der Waals surface area contributed by atoms with Crippen LogP contribution in [0.3, 0.4) is 0 Å². The number of carbonyl (C=O) groups is 1. The molecule has 1 amide bonds. The van der Waals surface area contributed by atoms with E-state index in [0.29, 0.717) is 18.8 Å². The molecule has 1 saturated heterocycles. The van der Waals surface area contributed by atoms with E-state index in [1.54, 1.807) is 0 Å². The molecule has 98 valence electrons. The summed E-state index contributed by atoms with van der Waals surface area (Å²) in [5.41, 5.74) is 7.36. The van der Waals surface area contributed by atoms with Crippen LogP contribution < -0.4 is 11.1 Å². The highest BCUT2D eigenvalue weighted by molar-refractivity contribution is 9.10. The first-order chi connectivity index (χ1) is 9.15. The third-order valence-electron chi connectivity index (χ3n) is 3.08. The third-order valence-corrected chi connectivity index (χ3v) is 3.58. The van der Waals surface area contributed by atoms with Gasteiger partial charge in [-0.25, -0.2) is 0 Å². The number of nitrogens with zero attached hydrogens (tertiary/aromatic N) is 1. The molecule has 2 aromatic rings. The average molecular weight is 322 g/mol. The molecule has 19 heavy (non-hydrogen) atoms. The SMILES string of the molecule is NC(=O)c1cnc2ccc(Br)cc2c1NC1COC1. The second kappa shape index (κ2) is 4.79. The molecule has 1 fully saturated rings. The summed E-state index contributed by atoms with van der Waals surface area (Å²) in [7, 11) is 0. The Bertz CT molecular complexity index is 656. The molecule has 6 heteroatoms. The van der Waals surface area contributed by atoms with Crippen LogP contribution in [0.25, 0.3) is 10.9 Å². The van der Waals surface area contributed by atoms with Crippen LogP contribution in [0.15, 0.2) is 28.9 Å². The molecule has 1 aromatic heterocycles. The Morgan fingerprint density at radius 3 is 2.89 bits per heavy atom. The summed E-state index contributed by atoms with van der Waals surface area (Å²) in [6.07, 6.45) is 1.51. The molecule has 0 spiro atoms. The summed E-state index contributed by atoms with van der Waals surface area (Å²) < 4.78 is 6.07. The third kappa shape index (κ3) is 2.29. The molecular weight excluding hydrogens is 310 g/mol. The number of nitrogens with one attached hydrogen (secondary N) is 1. The number of fused-ring (bicyclic) bond motifs is 1. The Morgan fingerprint density at radius 1 is 1.47 bits per heavy atom. The highest BCUT2D eigenvalue weighted by Gasteiger charge is 2.22. The van der Waals surface area contributed by atoms with E-state index >= 15 is 0 Å². The van der Waals surface area contributed by atoms with E-state index in [4.69, 9.17) is 10.5 Å². The molecule has 5 nitrogen and oxygen atoms in total. The van der Waals surface area contributed by atoms with Crippen LogP contribution in [0, 0.1) is 0 Å². The van der Waals surface area contributed by atoms with Crippen molar-refractivity contribution in [1.82, 2.24) is 4.98 Å². The van der Waals surface area contributed by atoms with Gasteiger partial charge in [-0.15, -0.1) is 0 Å². The molecule has 0 bridgehead atoms. The quantitative estimate of drug-likeness (QED) is 0.905. The lowest BCUT2D eigenvalue weighted by Crippen LogP contribution is -2.40. The van der Waals surface area contributed by atoms with E-state index in [9.17, 15) is 4.79 Å². The number of nitrogens with two attached hydrogens (primary N) is 1. The lowest BCUT2D eigenvalue weighted by Gasteiger charge is -2.29. The number of anilines is 1. The summed E-state index contributed by atoms with van der Waals surface area (Å²) in [6.45, 7) is 1.27. The maximum Gasteiger partial charge on any atom is 0.252 e. The van der Waals surface area contributed by atoms with Gasteiger partial charge in [0.1, 0.15) is 0 Å².